The zero-order valence-corrected chi connectivity index (χ0v) is 8.23. The Morgan fingerprint density at radius 3 is 2.18 bits per heavy atom. The van der Waals surface area contributed by atoms with E-state index in [1.54, 1.807) is 0 Å². The second-order valence-corrected chi connectivity index (χ2v) is 1.75. The molecule has 0 saturated heterocycles. The Bertz CT molecular complexity index is 162. The van der Waals surface area contributed by atoms with E-state index in [1.807, 2.05) is 43.9 Å². The summed E-state index contributed by atoms with van der Waals surface area (Å²) in [6, 6.07) is 9.80. The van der Waals surface area contributed by atoms with Gasteiger partial charge in [-0.25, -0.2) is 0 Å². The molecule has 0 fully saturated rings. The molecule has 1 nitrogen and oxygen atoms in total. The topological polar surface area (TPSA) is 9.23 Å². The molecule has 0 aliphatic heterocycles. The normalized spacial score (nSPS) is 7.91. The highest BCUT2D eigenvalue weighted by atomic mass is 31.0. The molecule has 1 rings (SSSR count). The molecule has 1 aromatic rings. The lowest BCUT2D eigenvalue weighted by Crippen LogP contribution is -1.89. The fourth-order valence-corrected chi connectivity index (χ4v) is 0.683. The van der Waals surface area contributed by atoms with Crippen molar-refractivity contribution in [3.63, 3.8) is 0 Å². The van der Waals surface area contributed by atoms with E-state index in [0.717, 1.165) is 12.4 Å². The van der Waals surface area contributed by atoms with E-state index in [0.29, 0.717) is 0 Å². The van der Waals surface area contributed by atoms with Gasteiger partial charge >= 0.3 is 0 Å². The number of hydrogen-bond acceptors (Lipinski definition) is 1. The van der Waals surface area contributed by atoms with Crippen molar-refractivity contribution in [2.75, 3.05) is 13.3 Å². The van der Waals surface area contributed by atoms with Crippen LogP contribution >= 0.6 is 9.24 Å². The lowest BCUT2D eigenvalue weighted by molar-refractivity contribution is 0.340. The molecule has 0 aliphatic rings. The van der Waals surface area contributed by atoms with Crippen LogP contribution in [0.15, 0.2) is 30.3 Å². The first kappa shape index (κ1) is 10.4. The summed E-state index contributed by atoms with van der Waals surface area (Å²) in [6.07, 6.45) is 0. The summed E-state index contributed by atoms with van der Waals surface area (Å²) in [5.74, 6) is 0.944. The van der Waals surface area contributed by atoms with Crippen LogP contribution in [0.5, 0.6) is 5.75 Å². The highest BCUT2D eigenvalue weighted by Gasteiger charge is 1.83. The summed E-state index contributed by atoms with van der Waals surface area (Å²) in [5, 5.41) is 0. The number of para-hydroxylation sites is 1. The summed E-state index contributed by atoms with van der Waals surface area (Å²) in [4.78, 5) is 0. The zero-order valence-electron chi connectivity index (χ0n) is 7.08. The van der Waals surface area contributed by atoms with Gasteiger partial charge in [0.25, 0.3) is 0 Å². The SMILES string of the molecule is CCOc1ccccc1.CP. The third-order valence-corrected chi connectivity index (χ3v) is 1.05. The molecule has 0 amide bonds. The average molecular weight is 170 g/mol. The van der Waals surface area contributed by atoms with E-state index in [9.17, 15) is 0 Å². The van der Waals surface area contributed by atoms with Crippen LogP contribution in [-0.2, 0) is 0 Å². The fraction of sp³-hybridized carbons (Fsp3) is 0.333. The van der Waals surface area contributed by atoms with Gasteiger partial charge in [0, 0.05) is 0 Å². The van der Waals surface area contributed by atoms with Crippen LogP contribution in [0.25, 0.3) is 0 Å². The van der Waals surface area contributed by atoms with E-state index >= 15 is 0 Å². The standard InChI is InChI=1S/C8H10O.CH5P/c1-2-9-8-6-4-3-5-7-8;1-2/h3-7H,2H2,1H3;2H2,1H3. The van der Waals surface area contributed by atoms with Crippen LogP contribution in [0.4, 0.5) is 0 Å². The minimum atomic E-state index is 0.740. The van der Waals surface area contributed by atoms with Gasteiger partial charge in [-0.2, -0.15) is 0 Å². The molecule has 0 heterocycles. The van der Waals surface area contributed by atoms with Crippen LogP contribution in [0.3, 0.4) is 0 Å². The molecule has 0 bridgehead atoms. The summed E-state index contributed by atoms with van der Waals surface area (Å²) >= 11 is 0. The molecular formula is C9H15OP. The van der Waals surface area contributed by atoms with Gasteiger partial charge in [0.05, 0.1) is 6.61 Å². The van der Waals surface area contributed by atoms with Crippen LogP contribution < -0.4 is 4.74 Å². The summed E-state index contributed by atoms with van der Waals surface area (Å²) in [6.45, 7) is 4.64. The lowest BCUT2D eigenvalue weighted by atomic mass is 10.3. The summed E-state index contributed by atoms with van der Waals surface area (Å²) in [7, 11) is 2.42. The molecule has 0 radical (unpaired) electrons. The molecule has 0 saturated carbocycles. The smallest absolute Gasteiger partial charge is 0.119 e. The van der Waals surface area contributed by atoms with Crippen LogP contribution in [0.1, 0.15) is 6.92 Å². The van der Waals surface area contributed by atoms with Crippen molar-refractivity contribution < 1.29 is 4.74 Å². The Kier molecular flexibility index (Phi) is 7.18. The van der Waals surface area contributed by atoms with Gasteiger partial charge in [0.1, 0.15) is 5.75 Å². The van der Waals surface area contributed by atoms with Crippen molar-refractivity contribution in [2.24, 2.45) is 0 Å². The molecule has 0 spiro atoms. The Morgan fingerprint density at radius 1 is 1.18 bits per heavy atom. The minimum Gasteiger partial charge on any atom is -0.494 e. The van der Waals surface area contributed by atoms with Crippen molar-refractivity contribution in [3.05, 3.63) is 30.3 Å². The van der Waals surface area contributed by atoms with Crippen LogP contribution in [0, 0.1) is 0 Å². The molecule has 1 unspecified atom stereocenters. The van der Waals surface area contributed by atoms with E-state index in [4.69, 9.17) is 4.74 Å². The molecule has 0 aromatic heterocycles. The van der Waals surface area contributed by atoms with Gasteiger partial charge in [0.2, 0.25) is 0 Å². The van der Waals surface area contributed by atoms with Crippen LogP contribution in [-0.4, -0.2) is 13.3 Å². The molecule has 0 aliphatic carbocycles. The number of hydrogen-bond donors (Lipinski definition) is 0. The molecule has 0 N–H and O–H groups in total. The van der Waals surface area contributed by atoms with Gasteiger partial charge < -0.3 is 4.74 Å². The average Bonchev–Trinajstić information content (AvgIpc) is 2.11. The van der Waals surface area contributed by atoms with Gasteiger partial charge in [-0.15, -0.1) is 9.24 Å². The van der Waals surface area contributed by atoms with Crippen molar-refractivity contribution in [1.82, 2.24) is 0 Å². The fourth-order valence-electron chi connectivity index (χ4n) is 0.683. The quantitative estimate of drug-likeness (QED) is 0.620. The van der Waals surface area contributed by atoms with E-state index in [-0.39, 0.29) is 0 Å². The minimum absolute atomic E-state index is 0.740. The molecule has 2 heteroatoms. The van der Waals surface area contributed by atoms with E-state index in [2.05, 4.69) is 9.24 Å². The highest BCUT2D eigenvalue weighted by Crippen LogP contribution is 2.06. The highest BCUT2D eigenvalue weighted by molar-refractivity contribution is 7.15. The molecular weight excluding hydrogens is 155 g/mol. The Labute approximate surface area is 71.0 Å². The molecule has 11 heavy (non-hydrogen) atoms. The van der Waals surface area contributed by atoms with Crippen molar-refractivity contribution >= 4 is 9.24 Å². The van der Waals surface area contributed by atoms with Gasteiger partial charge in [-0.05, 0) is 19.1 Å². The van der Waals surface area contributed by atoms with Gasteiger partial charge in [-0.1, -0.05) is 24.9 Å². The summed E-state index contributed by atoms with van der Waals surface area (Å²) in [5.41, 5.74) is 0. The summed E-state index contributed by atoms with van der Waals surface area (Å²) < 4.78 is 5.21. The Hall–Kier alpha value is -0.550. The van der Waals surface area contributed by atoms with Gasteiger partial charge in [-0.3, -0.25) is 0 Å². The monoisotopic (exact) mass is 170 g/mol. The second-order valence-electron chi connectivity index (χ2n) is 1.75. The molecule has 1 aromatic carbocycles. The zero-order chi connectivity index (χ0) is 8.53. The number of rotatable bonds is 2. The third kappa shape index (κ3) is 4.80. The van der Waals surface area contributed by atoms with Crippen LogP contribution in [0.2, 0.25) is 0 Å². The van der Waals surface area contributed by atoms with E-state index < -0.39 is 0 Å². The Morgan fingerprint density at radius 2 is 1.73 bits per heavy atom. The largest absolute Gasteiger partial charge is 0.494 e. The lowest BCUT2D eigenvalue weighted by Gasteiger charge is -1.99. The Balaban J connectivity index is 0.000000461. The van der Waals surface area contributed by atoms with Gasteiger partial charge in [0.15, 0.2) is 0 Å². The predicted molar refractivity (Wildman–Crippen MR) is 53.2 cm³/mol. The molecule has 62 valence electrons. The predicted octanol–water partition coefficient (Wildman–Crippen LogP) is 2.58. The van der Waals surface area contributed by atoms with E-state index in [1.165, 1.54) is 0 Å². The maximum atomic E-state index is 5.21. The number of benzene rings is 1. The molecule has 1 atom stereocenters. The van der Waals surface area contributed by atoms with Crippen molar-refractivity contribution in [2.45, 2.75) is 6.92 Å². The van der Waals surface area contributed by atoms with Crippen molar-refractivity contribution in [1.29, 1.82) is 0 Å². The first-order chi connectivity index (χ1) is 5.43. The third-order valence-electron chi connectivity index (χ3n) is 1.05. The first-order valence-corrected chi connectivity index (χ1v) is 4.84. The first-order valence-electron chi connectivity index (χ1n) is 3.69. The maximum Gasteiger partial charge on any atom is 0.119 e. The number of ether oxygens (including phenoxy) is 1. The van der Waals surface area contributed by atoms with Crippen molar-refractivity contribution in [3.8, 4) is 5.75 Å². The maximum absolute atomic E-state index is 5.21. The second kappa shape index (κ2) is 7.56.